The van der Waals surface area contributed by atoms with Crippen LogP contribution in [0, 0.1) is 0 Å². The van der Waals surface area contributed by atoms with Gasteiger partial charge in [-0.3, -0.25) is 19.5 Å². The van der Waals surface area contributed by atoms with Crippen molar-refractivity contribution in [1.29, 1.82) is 0 Å². The van der Waals surface area contributed by atoms with E-state index in [1.54, 1.807) is 36.4 Å². The Labute approximate surface area is 204 Å². The number of rotatable bonds is 7. The number of ether oxygens (including phenoxy) is 2. The number of aromatic nitrogens is 1. The summed E-state index contributed by atoms with van der Waals surface area (Å²) in [5, 5.41) is 11.2. The second-order valence-electron chi connectivity index (χ2n) is 7.87. The quantitative estimate of drug-likeness (QED) is 0.267. The highest BCUT2D eigenvalue weighted by Crippen LogP contribution is 2.43. The molecule has 0 saturated carbocycles. The van der Waals surface area contributed by atoms with E-state index in [9.17, 15) is 27.9 Å². The van der Waals surface area contributed by atoms with Crippen molar-refractivity contribution in [3.63, 3.8) is 0 Å². The number of nitrogens with zero attached hydrogens (tertiary/aromatic N) is 2. The first-order valence-electron chi connectivity index (χ1n) is 11.0. The van der Waals surface area contributed by atoms with Gasteiger partial charge in [0, 0.05) is 29.7 Å². The highest BCUT2D eigenvalue weighted by atomic mass is 19.4. The standard InChI is InChI=1S/C26H21F3N2O5/c1-2-13-35-19-7-3-5-17(14-19)23(32)21-22(16-9-11-30-12-10-16)31(25(34)24(21)33)18-6-4-8-20(15-18)36-26(27,28)29/h3-12,14-15,22,32H,2,13H2,1H3/b23-21+. The normalized spacial score (nSPS) is 17.3. The van der Waals surface area contributed by atoms with Crippen molar-refractivity contribution in [3.05, 3.63) is 89.8 Å². The summed E-state index contributed by atoms with van der Waals surface area (Å²) >= 11 is 0. The van der Waals surface area contributed by atoms with E-state index in [1.165, 1.54) is 24.5 Å². The van der Waals surface area contributed by atoms with Crippen LogP contribution in [0.2, 0.25) is 0 Å². The Bertz CT molecular complexity index is 1310. The van der Waals surface area contributed by atoms with Crippen LogP contribution in [0.15, 0.2) is 78.6 Å². The molecule has 1 atom stereocenters. The number of anilines is 1. The molecule has 1 fully saturated rings. The Balaban J connectivity index is 1.85. The van der Waals surface area contributed by atoms with Gasteiger partial charge in [-0.25, -0.2) is 0 Å². The molecule has 1 unspecified atom stereocenters. The fourth-order valence-corrected chi connectivity index (χ4v) is 3.90. The zero-order chi connectivity index (χ0) is 25.9. The fourth-order valence-electron chi connectivity index (χ4n) is 3.90. The molecule has 1 N–H and O–H groups in total. The summed E-state index contributed by atoms with van der Waals surface area (Å²) in [6.07, 6.45) is -1.29. The van der Waals surface area contributed by atoms with Crippen LogP contribution in [-0.2, 0) is 9.59 Å². The maximum Gasteiger partial charge on any atom is 0.573 e. The number of hydrogen-bond acceptors (Lipinski definition) is 6. The number of Topliss-reactive ketones (excluding diaryl/α,β-unsaturated/α-hetero) is 1. The molecule has 1 aliphatic heterocycles. The number of carbonyl (C=O) groups excluding carboxylic acids is 2. The van der Waals surface area contributed by atoms with Gasteiger partial charge in [0.1, 0.15) is 17.3 Å². The Hall–Kier alpha value is -4.34. The summed E-state index contributed by atoms with van der Waals surface area (Å²) in [5.41, 5.74) is 0.432. The Morgan fingerprint density at radius 3 is 2.42 bits per heavy atom. The third kappa shape index (κ3) is 5.17. The zero-order valence-electron chi connectivity index (χ0n) is 19.0. The first-order valence-corrected chi connectivity index (χ1v) is 11.0. The Kier molecular flexibility index (Phi) is 6.96. The number of aliphatic hydroxyl groups is 1. The van der Waals surface area contributed by atoms with E-state index in [2.05, 4.69) is 9.72 Å². The van der Waals surface area contributed by atoms with Crippen molar-refractivity contribution < 1.29 is 37.3 Å². The second-order valence-corrected chi connectivity index (χ2v) is 7.87. The van der Waals surface area contributed by atoms with Crippen LogP contribution >= 0.6 is 0 Å². The average Bonchev–Trinajstić information content (AvgIpc) is 3.12. The van der Waals surface area contributed by atoms with Gasteiger partial charge in [0.05, 0.1) is 18.2 Å². The van der Waals surface area contributed by atoms with E-state index in [-0.39, 0.29) is 16.8 Å². The lowest BCUT2D eigenvalue weighted by Crippen LogP contribution is -2.29. The third-order valence-electron chi connectivity index (χ3n) is 5.38. The van der Waals surface area contributed by atoms with Gasteiger partial charge in [-0.2, -0.15) is 0 Å². The molecule has 7 nitrogen and oxygen atoms in total. The van der Waals surface area contributed by atoms with Gasteiger partial charge < -0.3 is 14.6 Å². The van der Waals surface area contributed by atoms with Crippen LogP contribution in [0.3, 0.4) is 0 Å². The molecular weight excluding hydrogens is 477 g/mol. The zero-order valence-corrected chi connectivity index (χ0v) is 19.0. The summed E-state index contributed by atoms with van der Waals surface area (Å²) in [6, 6.07) is 13.1. The molecule has 10 heteroatoms. The van der Waals surface area contributed by atoms with Crippen LogP contribution in [0.1, 0.15) is 30.5 Å². The first-order chi connectivity index (χ1) is 17.2. The van der Waals surface area contributed by atoms with Gasteiger partial charge >= 0.3 is 6.36 Å². The van der Waals surface area contributed by atoms with Crippen molar-refractivity contribution in [3.8, 4) is 11.5 Å². The number of halogens is 3. The molecule has 1 amide bonds. The van der Waals surface area contributed by atoms with Crippen LogP contribution in [0.25, 0.3) is 5.76 Å². The number of aliphatic hydroxyl groups excluding tert-OH is 1. The molecule has 0 aliphatic carbocycles. The summed E-state index contributed by atoms with van der Waals surface area (Å²) in [5.74, 6) is -2.54. The molecular formula is C26H21F3N2O5. The van der Waals surface area contributed by atoms with Crippen LogP contribution in [0.5, 0.6) is 11.5 Å². The maximum atomic E-state index is 13.2. The van der Waals surface area contributed by atoms with Crippen molar-refractivity contribution in [2.24, 2.45) is 0 Å². The van der Waals surface area contributed by atoms with Crippen LogP contribution in [0.4, 0.5) is 18.9 Å². The number of carbonyl (C=O) groups is 2. The van der Waals surface area contributed by atoms with Crippen LogP contribution in [-0.4, -0.2) is 34.8 Å². The van der Waals surface area contributed by atoms with Gasteiger partial charge in [0.2, 0.25) is 0 Å². The smallest absolute Gasteiger partial charge is 0.507 e. The van der Waals surface area contributed by atoms with Crippen molar-refractivity contribution in [1.82, 2.24) is 4.98 Å². The molecule has 2 aromatic carbocycles. The van der Waals surface area contributed by atoms with Crippen molar-refractivity contribution >= 4 is 23.1 Å². The number of alkyl halides is 3. The average molecular weight is 498 g/mol. The minimum atomic E-state index is -4.94. The lowest BCUT2D eigenvalue weighted by atomic mass is 9.95. The minimum Gasteiger partial charge on any atom is -0.507 e. The van der Waals surface area contributed by atoms with E-state index < -0.39 is 35.6 Å². The molecule has 186 valence electrons. The molecule has 1 aliphatic rings. The van der Waals surface area contributed by atoms with Gasteiger partial charge in [-0.15, -0.1) is 13.2 Å². The molecule has 1 saturated heterocycles. The molecule has 1 aromatic heterocycles. The number of pyridine rings is 1. The van der Waals surface area contributed by atoms with E-state index in [0.717, 1.165) is 23.5 Å². The number of benzene rings is 2. The highest BCUT2D eigenvalue weighted by Gasteiger charge is 2.47. The SMILES string of the molecule is CCCOc1cccc(/C(O)=C2\C(=O)C(=O)N(c3cccc(OC(F)(F)F)c3)C2c2ccncc2)c1. The van der Waals surface area contributed by atoms with E-state index >= 15 is 0 Å². The van der Waals surface area contributed by atoms with E-state index in [4.69, 9.17) is 4.74 Å². The van der Waals surface area contributed by atoms with Gasteiger partial charge in [-0.05, 0) is 48.4 Å². The minimum absolute atomic E-state index is 0.0141. The lowest BCUT2D eigenvalue weighted by molar-refractivity contribution is -0.274. The number of hydrogen-bond donors (Lipinski definition) is 1. The number of amides is 1. The molecule has 0 bridgehead atoms. The maximum absolute atomic E-state index is 13.2. The molecule has 0 radical (unpaired) electrons. The molecule has 36 heavy (non-hydrogen) atoms. The van der Waals surface area contributed by atoms with Crippen molar-refractivity contribution in [2.45, 2.75) is 25.7 Å². The first kappa shape index (κ1) is 24.8. The largest absolute Gasteiger partial charge is 0.573 e. The van der Waals surface area contributed by atoms with Crippen LogP contribution < -0.4 is 14.4 Å². The van der Waals surface area contributed by atoms with E-state index in [1.807, 2.05) is 6.92 Å². The molecule has 4 rings (SSSR count). The van der Waals surface area contributed by atoms with Gasteiger partial charge in [0.25, 0.3) is 11.7 Å². The Morgan fingerprint density at radius 2 is 1.72 bits per heavy atom. The second kappa shape index (κ2) is 10.1. The Morgan fingerprint density at radius 1 is 1.03 bits per heavy atom. The predicted molar refractivity (Wildman–Crippen MR) is 124 cm³/mol. The van der Waals surface area contributed by atoms with Gasteiger partial charge in [-0.1, -0.05) is 25.1 Å². The highest BCUT2D eigenvalue weighted by molar-refractivity contribution is 6.51. The number of ketones is 1. The topological polar surface area (TPSA) is 89.0 Å². The lowest BCUT2D eigenvalue weighted by Gasteiger charge is -2.25. The summed E-state index contributed by atoms with van der Waals surface area (Å²) in [4.78, 5) is 31.3. The molecule has 0 spiro atoms. The van der Waals surface area contributed by atoms with Gasteiger partial charge in [0.15, 0.2) is 0 Å². The third-order valence-corrected chi connectivity index (χ3v) is 5.38. The molecule has 3 aromatic rings. The molecule has 2 heterocycles. The monoisotopic (exact) mass is 498 g/mol. The fraction of sp³-hybridized carbons (Fsp3) is 0.192. The summed E-state index contributed by atoms with van der Waals surface area (Å²) in [6.45, 7) is 2.39. The summed E-state index contributed by atoms with van der Waals surface area (Å²) in [7, 11) is 0. The van der Waals surface area contributed by atoms with E-state index in [0.29, 0.717) is 17.9 Å². The van der Waals surface area contributed by atoms with Crippen molar-refractivity contribution in [2.75, 3.05) is 11.5 Å². The predicted octanol–water partition coefficient (Wildman–Crippen LogP) is 5.40. The summed E-state index contributed by atoms with van der Waals surface area (Å²) < 4.78 is 47.9.